The molecule has 0 bridgehead atoms. The number of nitrogen functional groups attached to an aromatic ring is 1. The van der Waals surface area contributed by atoms with Gasteiger partial charge in [0.15, 0.2) is 0 Å². The van der Waals surface area contributed by atoms with Crippen LogP contribution in [0.5, 0.6) is 0 Å². The van der Waals surface area contributed by atoms with Gasteiger partial charge in [-0.15, -0.1) is 0 Å². The van der Waals surface area contributed by atoms with Crippen molar-refractivity contribution in [1.29, 1.82) is 0 Å². The minimum Gasteiger partial charge on any atom is -0.481 e. The molecule has 2 rings (SSSR count). The molecule has 0 spiro atoms. The molecule has 4 nitrogen and oxygen atoms in total. The van der Waals surface area contributed by atoms with Crippen molar-refractivity contribution in [1.82, 2.24) is 4.98 Å². The zero-order valence-electron chi connectivity index (χ0n) is 8.69. The van der Waals surface area contributed by atoms with Crippen molar-refractivity contribution in [3.63, 3.8) is 0 Å². The number of carbonyl (C=O) groups is 1. The summed E-state index contributed by atoms with van der Waals surface area (Å²) >= 11 is 5.86. The molecule has 1 aliphatic rings. The van der Waals surface area contributed by atoms with E-state index in [2.05, 4.69) is 4.98 Å². The smallest absolute Gasteiger partial charge is 0.307 e. The predicted molar refractivity (Wildman–Crippen MR) is 61.4 cm³/mol. The monoisotopic (exact) mass is 240 g/mol. The van der Waals surface area contributed by atoms with Crippen LogP contribution in [0.2, 0.25) is 5.02 Å². The van der Waals surface area contributed by atoms with Crippen molar-refractivity contribution in [3.05, 3.63) is 22.8 Å². The van der Waals surface area contributed by atoms with E-state index in [1.165, 1.54) is 6.20 Å². The van der Waals surface area contributed by atoms with E-state index in [0.29, 0.717) is 17.3 Å². The van der Waals surface area contributed by atoms with Gasteiger partial charge in [-0.25, -0.2) is 4.98 Å². The molecule has 0 saturated heterocycles. The van der Waals surface area contributed by atoms with E-state index in [1.54, 1.807) is 6.07 Å². The van der Waals surface area contributed by atoms with E-state index in [9.17, 15) is 4.79 Å². The summed E-state index contributed by atoms with van der Waals surface area (Å²) in [6.07, 6.45) is 3.92. The first kappa shape index (κ1) is 11.2. The lowest BCUT2D eigenvalue weighted by Crippen LogP contribution is -2.18. The van der Waals surface area contributed by atoms with Crippen LogP contribution < -0.4 is 5.73 Å². The maximum atomic E-state index is 11.1. The molecule has 86 valence electrons. The highest BCUT2D eigenvalue weighted by Crippen LogP contribution is 2.41. The summed E-state index contributed by atoms with van der Waals surface area (Å²) in [4.78, 5) is 15.1. The Balaban J connectivity index is 2.35. The number of rotatable bonds is 2. The molecule has 1 saturated carbocycles. The molecule has 1 heterocycles. The minimum atomic E-state index is -0.762. The zero-order valence-corrected chi connectivity index (χ0v) is 9.44. The van der Waals surface area contributed by atoms with Crippen molar-refractivity contribution in [3.8, 4) is 0 Å². The number of hydrogen-bond acceptors (Lipinski definition) is 3. The largest absolute Gasteiger partial charge is 0.481 e. The van der Waals surface area contributed by atoms with Crippen molar-refractivity contribution in [2.75, 3.05) is 5.73 Å². The van der Waals surface area contributed by atoms with E-state index in [-0.39, 0.29) is 11.8 Å². The van der Waals surface area contributed by atoms with E-state index < -0.39 is 5.97 Å². The van der Waals surface area contributed by atoms with Gasteiger partial charge in [0.1, 0.15) is 5.82 Å². The Morgan fingerprint density at radius 3 is 3.00 bits per heavy atom. The van der Waals surface area contributed by atoms with Crippen molar-refractivity contribution >= 4 is 23.4 Å². The standard InChI is InChI=1S/C11H13ClN2O2/c12-6-4-9(10(13)14-5-6)7-2-1-3-8(7)11(15)16/h4-5,7-8H,1-3H2,(H2,13,14)(H,15,16). The lowest BCUT2D eigenvalue weighted by atomic mass is 9.89. The van der Waals surface area contributed by atoms with Gasteiger partial charge in [0, 0.05) is 12.1 Å². The Morgan fingerprint density at radius 1 is 1.56 bits per heavy atom. The second kappa shape index (κ2) is 4.29. The van der Waals surface area contributed by atoms with Gasteiger partial charge in [0.05, 0.1) is 10.9 Å². The Morgan fingerprint density at radius 2 is 2.31 bits per heavy atom. The number of anilines is 1. The minimum absolute atomic E-state index is 0.0521. The quantitative estimate of drug-likeness (QED) is 0.832. The van der Waals surface area contributed by atoms with Crippen LogP contribution in [0, 0.1) is 5.92 Å². The van der Waals surface area contributed by atoms with Gasteiger partial charge in [0.25, 0.3) is 0 Å². The molecule has 0 aromatic carbocycles. The van der Waals surface area contributed by atoms with Crippen molar-refractivity contribution in [2.24, 2.45) is 5.92 Å². The van der Waals surface area contributed by atoms with Crippen LogP contribution in [0.1, 0.15) is 30.7 Å². The van der Waals surface area contributed by atoms with Gasteiger partial charge in [-0.05, 0) is 24.5 Å². The molecule has 0 amide bonds. The first-order chi connectivity index (χ1) is 7.59. The van der Waals surface area contributed by atoms with Crippen LogP contribution in [-0.2, 0) is 4.79 Å². The summed E-state index contributed by atoms with van der Waals surface area (Å²) in [5.41, 5.74) is 6.54. The predicted octanol–water partition coefficient (Wildman–Crippen LogP) is 2.29. The van der Waals surface area contributed by atoms with E-state index in [1.807, 2.05) is 0 Å². The van der Waals surface area contributed by atoms with E-state index >= 15 is 0 Å². The van der Waals surface area contributed by atoms with Gasteiger partial charge in [-0.3, -0.25) is 4.79 Å². The highest BCUT2D eigenvalue weighted by molar-refractivity contribution is 6.30. The third kappa shape index (κ3) is 1.97. The summed E-state index contributed by atoms with van der Waals surface area (Å²) in [6, 6.07) is 1.73. The first-order valence-corrected chi connectivity index (χ1v) is 5.61. The van der Waals surface area contributed by atoms with Gasteiger partial charge in [-0.1, -0.05) is 18.0 Å². The summed E-state index contributed by atoms with van der Waals surface area (Å²) in [6.45, 7) is 0. The number of aliphatic carboxylic acids is 1. The van der Waals surface area contributed by atoms with Gasteiger partial charge in [-0.2, -0.15) is 0 Å². The van der Waals surface area contributed by atoms with Crippen LogP contribution in [0.3, 0.4) is 0 Å². The summed E-state index contributed by atoms with van der Waals surface area (Å²) in [5.74, 6) is -0.782. The SMILES string of the molecule is Nc1ncc(Cl)cc1C1CCCC1C(=O)O. The van der Waals surface area contributed by atoms with Crippen molar-refractivity contribution in [2.45, 2.75) is 25.2 Å². The molecule has 0 radical (unpaired) electrons. The van der Waals surface area contributed by atoms with Crippen LogP contribution >= 0.6 is 11.6 Å². The van der Waals surface area contributed by atoms with Crippen LogP contribution in [0.25, 0.3) is 0 Å². The van der Waals surface area contributed by atoms with Gasteiger partial charge < -0.3 is 10.8 Å². The zero-order chi connectivity index (χ0) is 11.7. The Bertz CT molecular complexity index is 422. The third-order valence-electron chi connectivity index (χ3n) is 3.15. The second-order valence-corrected chi connectivity index (χ2v) is 4.55. The number of carboxylic acids is 1. The fourth-order valence-corrected chi connectivity index (χ4v) is 2.56. The Labute approximate surface area is 98.4 Å². The van der Waals surface area contributed by atoms with E-state index in [4.69, 9.17) is 22.4 Å². The molecule has 16 heavy (non-hydrogen) atoms. The van der Waals surface area contributed by atoms with Crippen LogP contribution in [0.15, 0.2) is 12.3 Å². The Kier molecular flexibility index (Phi) is 3.01. The fraction of sp³-hybridized carbons (Fsp3) is 0.455. The molecule has 5 heteroatoms. The second-order valence-electron chi connectivity index (χ2n) is 4.11. The highest BCUT2D eigenvalue weighted by atomic mass is 35.5. The number of hydrogen-bond donors (Lipinski definition) is 2. The molecule has 1 aromatic heterocycles. The normalized spacial score (nSPS) is 24.6. The summed E-state index contributed by atoms with van der Waals surface area (Å²) in [7, 11) is 0. The third-order valence-corrected chi connectivity index (χ3v) is 3.36. The van der Waals surface area contributed by atoms with E-state index in [0.717, 1.165) is 18.4 Å². The molecule has 3 N–H and O–H groups in total. The number of nitrogens with two attached hydrogens (primary N) is 1. The van der Waals surface area contributed by atoms with Crippen LogP contribution in [-0.4, -0.2) is 16.1 Å². The number of halogens is 1. The van der Waals surface area contributed by atoms with Crippen LogP contribution in [0.4, 0.5) is 5.82 Å². The number of pyridine rings is 1. The maximum absolute atomic E-state index is 11.1. The Hall–Kier alpha value is -1.29. The number of aromatic nitrogens is 1. The average molecular weight is 241 g/mol. The molecule has 2 unspecified atom stereocenters. The molecular weight excluding hydrogens is 228 g/mol. The summed E-state index contributed by atoms with van der Waals surface area (Å²) < 4.78 is 0. The molecule has 1 aliphatic carbocycles. The van der Waals surface area contributed by atoms with Gasteiger partial charge >= 0.3 is 5.97 Å². The lowest BCUT2D eigenvalue weighted by molar-refractivity contribution is -0.141. The molecule has 1 aromatic rings. The number of nitrogens with zero attached hydrogens (tertiary/aromatic N) is 1. The lowest BCUT2D eigenvalue weighted by Gasteiger charge is -2.17. The maximum Gasteiger partial charge on any atom is 0.307 e. The molecular formula is C11H13ClN2O2. The molecule has 1 fully saturated rings. The van der Waals surface area contributed by atoms with Gasteiger partial charge in [0.2, 0.25) is 0 Å². The highest BCUT2D eigenvalue weighted by Gasteiger charge is 2.35. The fourth-order valence-electron chi connectivity index (χ4n) is 2.39. The molecule has 2 atom stereocenters. The topological polar surface area (TPSA) is 76.2 Å². The number of carboxylic acid groups (broad SMARTS) is 1. The molecule has 0 aliphatic heterocycles. The first-order valence-electron chi connectivity index (χ1n) is 5.23. The summed E-state index contributed by atoms with van der Waals surface area (Å²) in [5, 5.41) is 9.61. The average Bonchev–Trinajstić information content (AvgIpc) is 2.70. The van der Waals surface area contributed by atoms with Crippen molar-refractivity contribution < 1.29 is 9.90 Å².